The van der Waals surface area contributed by atoms with Crippen LogP contribution in [-0.2, 0) is 11.2 Å². The first-order valence-electron chi connectivity index (χ1n) is 8.60. The molecule has 1 aliphatic rings. The Bertz CT molecular complexity index is 931. The van der Waals surface area contributed by atoms with Gasteiger partial charge in [0.2, 0.25) is 0 Å². The van der Waals surface area contributed by atoms with Crippen molar-refractivity contribution in [1.82, 2.24) is 5.32 Å². The maximum absolute atomic E-state index is 12.4. The van der Waals surface area contributed by atoms with Gasteiger partial charge in [-0.2, -0.15) is 0 Å². The second kappa shape index (κ2) is 9.72. The highest BCUT2D eigenvalue weighted by Gasteiger charge is 2.27. The molecule has 3 rings (SSSR count). The topological polar surface area (TPSA) is 50.4 Å². The minimum Gasteiger partial charge on any atom is -0.479 e. The number of ether oxygens (including phenoxy) is 1. The first kappa shape index (κ1) is 21.1. The number of anilines is 1. The van der Waals surface area contributed by atoms with Crippen LogP contribution in [0.5, 0.6) is 5.75 Å². The summed E-state index contributed by atoms with van der Waals surface area (Å²) in [6, 6.07) is 12.1. The Morgan fingerprint density at radius 3 is 2.79 bits per heavy atom. The predicted molar refractivity (Wildman–Crippen MR) is 128 cm³/mol. The van der Waals surface area contributed by atoms with Gasteiger partial charge < -0.3 is 15.4 Å². The lowest BCUT2D eigenvalue weighted by Gasteiger charge is -2.13. The third-order valence-corrected chi connectivity index (χ3v) is 6.43. The van der Waals surface area contributed by atoms with Crippen molar-refractivity contribution in [2.75, 3.05) is 11.9 Å². The zero-order valence-corrected chi connectivity index (χ0v) is 19.7. The Labute approximate surface area is 191 Å². The van der Waals surface area contributed by atoms with E-state index < -0.39 is 0 Å². The molecule has 2 aromatic carbocycles. The van der Waals surface area contributed by atoms with Gasteiger partial charge in [0.05, 0.1) is 12.9 Å². The maximum Gasteiger partial charge on any atom is 0.260 e. The minimum absolute atomic E-state index is 0.0912. The quantitative estimate of drug-likeness (QED) is 0.285. The molecule has 1 aliphatic heterocycles. The number of thioether (sulfide) groups is 1. The van der Waals surface area contributed by atoms with E-state index >= 15 is 0 Å². The van der Waals surface area contributed by atoms with E-state index in [0.29, 0.717) is 10.7 Å². The lowest BCUT2D eigenvalue weighted by molar-refractivity contribution is -0.116. The molecular formula is C21H18BrIN2O2S. The van der Waals surface area contributed by atoms with E-state index in [1.165, 1.54) is 17.3 Å². The van der Waals surface area contributed by atoms with Crippen LogP contribution in [0.25, 0.3) is 6.08 Å². The van der Waals surface area contributed by atoms with Gasteiger partial charge in [0.15, 0.2) is 5.50 Å². The summed E-state index contributed by atoms with van der Waals surface area (Å²) in [5, 5.41) is 6.29. The molecule has 1 amide bonds. The molecule has 0 spiro atoms. The van der Waals surface area contributed by atoms with Gasteiger partial charge in [-0.3, -0.25) is 4.79 Å². The fourth-order valence-electron chi connectivity index (χ4n) is 2.62. The third-order valence-electron chi connectivity index (χ3n) is 4.01. The molecule has 1 saturated heterocycles. The summed E-state index contributed by atoms with van der Waals surface area (Å²) < 4.78 is 7.28. The van der Waals surface area contributed by atoms with Crippen molar-refractivity contribution in [2.45, 2.75) is 18.8 Å². The molecule has 2 aromatic rings. The van der Waals surface area contributed by atoms with Gasteiger partial charge in [-0.25, -0.2) is 0 Å². The first-order chi connectivity index (χ1) is 13.5. The van der Waals surface area contributed by atoms with Gasteiger partial charge in [0.25, 0.3) is 5.91 Å². The van der Waals surface area contributed by atoms with E-state index in [1.807, 2.05) is 30.3 Å². The predicted octanol–water partition coefficient (Wildman–Crippen LogP) is 5.23. The molecule has 7 heteroatoms. The Hall–Kier alpha value is -1.63. The molecule has 0 bridgehead atoms. The van der Waals surface area contributed by atoms with Crippen LogP contribution < -0.4 is 15.4 Å². The molecular weight excluding hydrogens is 551 g/mol. The Kier molecular flexibility index (Phi) is 7.32. The highest BCUT2D eigenvalue weighted by molar-refractivity contribution is 14.1. The maximum atomic E-state index is 12.4. The van der Waals surface area contributed by atoms with Gasteiger partial charge in [-0.15, -0.1) is 6.42 Å². The van der Waals surface area contributed by atoms with Crippen molar-refractivity contribution in [1.29, 1.82) is 0 Å². The molecule has 1 heterocycles. The third kappa shape index (κ3) is 5.25. The van der Waals surface area contributed by atoms with Crippen LogP contribution in [0.2, 0.25) is 0 Å². The van der Waals surface area contributed by atoms with Crippen molar-refractivity contribution in [3.8, 4) is 18.1 Å². The molecule has 0 aliphatic carbocycles. The van der Waals surface area contributed by atoms with Crippen molar-refractivity contribution >= 4 is 68.0 Å². The van der Waals surface area contributed by atoms with Crippen LogP contribution in [0.15, 0.2) is 45.8 Å². The molecule has 0 aromatic heterocycles. The number of hydrogen-bond donors (Lipinski definition) is 2. The fraction of sp³-hybridized carbons (Fsp3) is 0.190. The summed E-state index contributed by atoms with van der Waals surface area (Å²) in [7, 11) is 0. The number of terminal acetylenes is 1. The van der Waals surface area contributed by atoms with Crippen LogP contribution in [0.3, 0.4) is 0 Å². The van der Waals surface area contributed by atoms with Gasteiger partial charge in [-0.05, 0) is 86.4 Å². The van der Waals surface area contributed by atoms with E-state index in [-0.39, 0.29) is 18.0 Å². The van der Waals surface area contributed by atoms with Crippen molar-refractivity contribution in [3.63, 3.8) is 0 Å². The van der Waals surface area contributed by atoms with Gasteiger partial charge in [0, 0.05) is 5.69 Å². The summed E-state index contributed by atoms with van der Waals surface area (Å²) >= 11 is 7.17. The molecule has 1 fully saturated rings. The summed E-state index contributed by atoms with van der Waals surface area (Å²) in [6.07, 6.45) is 8.14. The Morgan fingerprint density at radius 2 is 2.14 bits per heavy atom. The highest BCUT2D eigenvalue weighted by Crippen LogP contribution is 2.35. The number of benzene rings is 2. The largest absolute Gasteiger partial charge is 0.479 e. The summed E-state index contributed by atoms with van der Waals surface area (Å²) in [5.41, 5.74) is 2.97. The average molecular weight is 569 g/mol. The van der Waals surface area contributed by atoms with E-state index in [2.05, 4.69) is 74.1 Å². The van der Waals surface area contributed by atoms with Gasteiger partial charge >= 0.3 is 0 Å². The van der Waals surface area contributed by atoms with Crippen molar-refractivity contribution in [2.24, 2.45) is 0 Å². The summed E-state index contributed by atoms with van der Waals surface area (Å²) in [4.78, 5) is 13.0. The zero-order valence-electron chi connectivity index (χ0n) is 15.1. The van der Waals surface area contributed by atoms with Gasteiger partial charge in [-0.1, -0.05) is 36.7 Å². The second-order valence-corrected chi connectivity index (χ2v) is 9.14. The van der Waals surface area contributed by atoms with Crippen molar-refractivity contribution < 1.29 is 9.53 Å². The SMILES string of the molecule is C#CCOc1c(Br)cc(/C=C2\S[C@@H](Nc3ccc(CC)cc3)NC2=O)cc1I. The minimum atomic E-state index is -0.202. The highest BCUT2D eigenvalue weighted by atomic mass is 127. The Morgan fingerprint density at radius 1 is 1.39 bits per heavy atom. The number of rotatable bonds is 6. The standard InChI is InChI=1S/C21H18BrIN2O2S/c1-3-9-27-19-16(22)10-14(11-17(19)23)12-18-20(26)25-21(28-18)24-15-7-5-13(4-2)6-8-15/h1,5-8,10-12,21,24H,4,9H2,2H3,(H,25,26)/b18-12-/t21-/m0/s1. The molecule has 2 N–H and O–H groups in total. The van der Waals surface area contributed by atoms with E-state index in [0.717, 1.165) is 25.7 Å². The molecule has 0 unspecified atom stereocenters. The normalized spacial score (nSPS) is 17.3. The average Bonchev–Trinajstić information content (AvgIpc) is 3.00. The molecule has 0 radical (unpaired) electrons. The molecule has 1 atom stereocenters. The van der Waals surface area contributed by atoms with E-state index in [9.17, 15) is 4.79 Å². The molecule has 144 valence electrons. The van der Waals surface area contributed by atoms with Crippen molar-refractivity contribution in [3.05, 3.63) is 60.5 Å². The van der Waals surface area contributed by atoms with Crippen LogP contribution in [-0.4, -0.2) is 18.0 Å². The smallest absolute Gasteiger partial charge is 0.260 e. The fourth-order valence-corrected chi connectivity index (χ4v) is 5.37. The number of carbonyl (C=O) groups is 1. The number of halogens is 2. The summed E-state index contributed by atoms with van der Waals surface area (Å²) in [6.45, 7) is 2.33. The number of amides is 1. The number of aryl methyl sites for hydroxylation is 1. The number of hydrogen-bond acceptors (Lipinski definition) is 4. The summed E-state index contributed by atoms with van der Waals surface area (Å²) in [5.74, 6) is 3.08. The zero-order chi connectivity index (χ0) is 20.1. The Balaban J connectivity index is 1.72. The van der Waals surface area contributed by atoms with Crippen LogP contribution in [0, 0.1) is 15.9 Å². The molecule has 28 heavy (non-hydrogen) atoms. The van der Waals surface area contributed by atoms with Crippen LogP contribution >= 0.6 is 50.3 Å². The molecule has 4 nitrogen and oxygen atoms in total. The number of nitrogens with one attached hydrogen (secondary N) is 2. The van der Waals surface area contributed by atoms with Gasteiger partial charge in [0.1, 0.15) is 12.4 Å². The monoisotopic (exact) mass is 568 g/mol. The van der Waals surface area contributed by atoms with E-state index in [1.54, 1.807) is 0 Å². The lowest BCUT2D eigenvalue weighted by Crippen LogP contribution is -2.30. The number of carbonyl (C=O) groups excluding carboxylic acids is 1. The second-order valence-electron chi connectivity index (χ2n) is 5.98. The molecule has 0 saturated carbocycles. The van der Waals surface area contributed by atoms with Crippen LogP contribution in [0.4, 0.5) is 5.69 Å². The lowest BCUT2D eigenvalue weighted by atomic mass is 10.1. The van der Waals surface area contributed by atoms with E-state index in [4.69, 9.17) is 11.2 Å². The first-order valence-corrected chi connectivity index (χ1v) is 11.3. The van der Waals surface area contributed by atoms with Crippen LogP contribution in [0.1, 0.15) is 18.1 Å².